The average molecular weight is 270 g/mol. The van der Waals surface area contributed by atoms with Crippen molar-refractivity contribution in [1.29, 1.82) is 0 Å². The minimum atomic E-state index is 0.464. The van der Waals surface area contributed by atoms with Crippen molar-refractivity contribution < 1.29 is 4.74 Å². The van der Waals surface area contributed by atoms with Crippen molar-refractivity contribution in [2.75, 3.05) is 0 Å². The lowest BCUT2D eigenvalue weighted by Crippen LogP contribution is -2.21. The summed E-state index contributed by atoms with van der Waals surface area (Å²) >= 11 is 0. The molecule has 0 saturated carbocycles. The molecule has 0 aliphatic rings. The van der Waals surface area contributed by atoms with Crippen LogP contribution in [0.3, 0.4) is 0 Å². The van der Waals surface area contributed by atoms with Gasteiger partial charge in [-0.15, -0.1) is 0 Å². The highest BCUT2D eigenvalue weighted by atomic mass is 16.5. The van der Waals surface area contributed by atoms with E-state index in [0.717, 1.165) is 17.9 Å². The number of pyridine rings is 1. The first-order valence-electron chi connectivity index (χ1n) is 6.98. The van der Waals surface area contributed by atoms with Crippen LogP contribution < -0.4 is 10.1 Å². The Balaban J connectivity index is 2.13. The highest BCUT2D eigenvalue weighted by Gasteiger charge is 2.04. The minimum absolute atomic E-state index is 0.464. The molecule has 0 saturated heterocycles. The van der Waals surface area contributed by atoms with Gasteiger partial charge in [0.15, 0.2) is 0 Å². The van der Waals surface area contributed by atoms with Gasteiger partial charge in [0.25, 0.3) is 0 Å². The molecule has 106 valence electrons. The maximum atomic E-state index is 5.90. The van der Waals surface area contributed by atoms with Crippen LogP contribution in [0.1, 0.15) is 30.5 Å². The first kappa shape index (κ1) is 14.5. The number of nitrogens with one attached hydrogen (secondary N) is 1. The van der Waals surface area contributed by atoms with Gasteiger partial charge >= 0.3 is 0 Å². The molecule has 3 heteroatoms. The Morgan fingerprint density at radius 2 is 1.95 bits per heavy atom. The lowest BCUT2D eigenvalue weighted by molar-refractivity contribution is 0.457. The lowest BCUT2D eigenvalue weighted by Gasteiger charge is -2.11. The smallest absolute Gasteiger partial charge is 0.219 e. The van der Waals surface area contributed by atoms with Gasteiger partial charge in [-0.2, -0.15) is 0 Å². The quantitative estimate of drug-likeness (QED) is 0.892. The summed E-state index contributed by atoms with van der Waals surface area (Å²) < 4.78 is 5.90. The SMILES string of the molecule is Cc1ccc(C)c(Oc2cc(CNC(C)C)ccn2)c1. The number of rotatable bonds is 5. The van der Waals surface area contributed by atoms with Gasteiger partial charge in [-0.3, -0.25) is 0 Å². The van der Waals surface area contributed by atoms with E-state index in [2.05, 4.69) is 43.2 Å². The van der Waals surface area contributed by atoms with E-state index in [1.807, 2.05) is 25.1 Å². The third-order valence-corrected chi connectivity index (χ3v) is 3.07. The van der Waals surface area contributed by atoms with Crippen LogP contribution in [0.15, 0.2) is 36.5 Å². The molecule has 2 rings (SSSR count). The summed E-state index contributed by atoms with van der Waals surface area (Å²) in [7, 11) is 0. The number of ether oxygens (including phenoxy) is 1. The van der Waals surface area contributed by atoms with Crippen LogP contribution in [-0.4, -0.2) is 11.0 Å². The van der Waals surface area contributed by atoms with Crippen molar-refractivity contribution in [2.24, 2.45) is 0 Å². The van der Waals surface area contributed by atoms with Crippen molar-refractivity contribution in [3.8, 4) is 11.6 Å². The Kier molecular flexibility index (Phi) is 4.74. The molecule has 1 aromatic carbocycles. The number of nitrogens with zero attached hydrogens (tertiary/aromatic N) is 1. The molecule has 0 bridgehead atoms. The van der Waals surface area contributed by atoms with Crippen molar-refractivity contribution in [3.05, 3.63) is 53.2 Å². The predicted molar refractivity (Wildman–Crippen MR) is 82.2 cm³/mol. The molecule has 0 aliphatic heterocycles. The standard InChI is InChI=1S/C17H22N2O/c1-12(2)19-11-15-7-8-18-17(10-15)20-16-9-13(3)5-6-14(16)4/h5-10,12,19H,11H2,1-4H3. The maximum absolute atomic E-state index is 5.90. The summed E-state index contributed by atoms with van der Waals surface area (Å²) in [4.78, 5) is 4.28. The Morgan fingerprint density at radius 1 is 1.15 bits per heavy atom. The lowest BCUT2D eigenvalue weighted by atomic mass is 10.1. The summed E-state index contributed by atoms with van der Waals surface area (Å²) in [5.74, 6) is 1.51. The molecule has 3 nitrogen and oxygen atoms in total. The first-order valence-corrected chi connectivity index (χ1v) is 6.98. The van der Waals surface area contributed by atoms with Crippen molar-refractivity contribution in [2.45, 2.75) is 40.3 Å². The van der Waals surface area contributed by atoms with Crippen molar-refractivity contribution in [3.63, 3.8) is 0 Å². The molecule has 0 unspecified atom stereocenters. The molecule has 0 atom stereocenters. The van der Waals surface area contributed by atoms with Crippen LogP contribution >= 0.6 is 0 Å². The van der Waals surface area contributed by atoms with E-state index in [-0.39, 0.29) is 0 Å². The molecular formula is C17H22N2O. The average Bonchev–Trinajstić information content (AvgIpc) is 2.41. The second-order valence-electron chi connectivity index (χ2n) is 5.41. The largest absolute Gasteiger partial charge is 0.439 e. The van der Waals surface area contributed by atoms with Crippen LogP contribution in [0.4, 0.5) is 0 Å². The zero-order valence-electron chi connectivity index (χ0n) is 12.6. The van der Waals surface area contributed by atoms with Gasteiger partial charge < -0.3 is 10.1 Å². The zero-order valence-corrected chi connectivity index (χ0v) is 12.6. The van der Waals surface area contributed by atoms with E-state index in [4.69, 9.17) is 4.74 Å². The second-order valence-corrected chi connectivity index (χ2v) is 5.41. The fourth-order valence-electron chi connectivity index (χ4n) is 1.87. The highest BCUT2D eigenvalue weighted by Crippen LogP contribution is 2.25. The zero-order chi connectivity index (χ0) is 14.5. The molecule has 0 fully saturated rings. The number of hydrogen-bond donors (Lipinski definition) is 1. The molecule has 0 radical (unpaired) electrons. The molecular weight excluding hydrogens is 248 g/mol. The normalized spacial score (nSPS) is 10.8. The van der Waals surface area contributed by atoms with E-state index < -0.39 is 0 Å². The Labute approximate surface area is 121 Å². The predicted octanol–water partition coefficient (Wildman–Crippen LogP) is 3.99. The van der Waals surface area contributed by atoms with Gasteiger partial charge in [-0.25, -0.2) is 4.98 Å². The number of benzene rings is 1. The highest BCUT2D eigenvalue weighted by molar-refractivity contribution is 5.38. The van der Waals surface area contributed by atoms with Gasteiger partial charge in [0, 0.05) is 24.8 Å². The summed E-state index contributed by atoms with van der Waals surface area (Å²) in [5, 5.41) is 3.39. The number of aromatic nitrogens is 1. The first-order chi connectivity index (χ1) is 9.54. The summed E-state index contributed by atoms with van der Waals surface area (Å²) in [5.41, 5.74) is 3.47. The van der Waals surface area contributed by atoms with E-state index in [1.165, 1.54) is 11.1 Å². The maximum Gasteiger partial charge on any atom is 0.219 e. The third kappa shape index (κ3) is 4.07. The van der Waals surface area contributed by atoms with Crippen LogP contribution in [0.5, 0.6) is 11.6 Å². The number of aryl methyl sites for hydroxylation is 2. The number of hydrogen-bond acceptors (Lipinski definition) is 3. The fraction of sp³-hybridized carbons (Fsp3) is 0.353. The molecule has 1 N–H and O–H groups in total. The third-order valence-electron chi connectivity index (χ3n) is 3.07. The van der Waals surface area contributed by atoms with Gasteiger partial charge in [0.05, 0.1) is 0 Å². The van der Waals surface area contributed by atoms with E-state index >= 15 is 0 Å². The van der Waals surface area contributed by atoms with Crippen LogP contribution in [-0.2, 0) is 6.54 Å². The Bertz CT molecular complexity index is 579. The minimum Gasteiger partial charge on any atom is -0.439 e. The van der Waals surface area contributed by atoms with Gasteiger partial charge in [0.1, 0.15) is 5.75 Å². The summed E-state index contributed by atoms with van der Waals surface area (Å²) in [6, 6.07) is 10.6. The van der Waals surface area contributed by atoms with Crippen LogP contribution in [0.2, 0.25) is 0 Å². The summed E-state index contributed by atoms with van der Waals surface area (Å²) in [6.07, 6.45) is 1.79. The molecule has 2 aromatic rings. The molecule has 1 aromatic heterocycles. The van der Waals surface area contributed by atoms with E-state index in [0.29, 0.717) is 11.9 Å². The van der Waals surface area contributed by atoms with Crippen molar-refractivity contribution in [1.82, 2.24) is 10.3 Å². The fourth-order valence-corrected chi connectivity index (χ4v) is 1.87. The van der Waals surface area contributed by atoms with Crippen molar-refractivity contribution >= 4 is 0 Å². The topological polar surface area (TPSA) is 34.1 Å². The van der Waals surface area contributed by atoms with Gasteiger partial charge in [0.2, 0.25) is 5.88 Å². The Morgan fingerprint density at radius 3 is 2.70 bits per heavy atom. The van der Waals surface area contributed by atoms with Gasteiger partial charge in [-0.05, 0) is 42.7 Å². The molecule has 0 amide bonds. The molecule has 1 heterocycles. The van der Waals surface area contributed by atoms with E-state index in [9.17, 15) is 0 Å². The molecule has 0 spiro atoms. The second kappa shape index (κ2) is 6.53. The Hall–Kier alpha value is -1.87. The molecule has 0 aliphatic carbocycles. The van der Waals surface area contributed by atoms with Crippen LogP contribution in [0.25, 0.3) is 0 Å². The molecule has 20 heavy (non-hydrogen) atoms. The summed E-state index contributed by atoms with van der Waals surface area (Å²) in [6.45, 7) is 9.19. The van der Waals surface area contributed by atoms with E-state index in [1.54, 1.807) is 6.20 Å². The van der Waals surface area contributed by atoms with Crippen LogP contribution in [0, 0.1) is 13.8 Å². The monoisotopic (exact) mass is 270 g/mol. The van der Waals surface area contributed by atoms with Gasteiger partial charge in [-0.1, -0.05) is 26.0 Å².